The molecule has 0 spiro atoms. The molecule has 7 nitrogen and oxygen atoms in total. The van der Waals surface area contributed by atoms with E-state index in [4.69, 9.17) is 11.6 Å². The minimum Gasteiger partial charge on any atom is -0.352 e. The standard InChI is InChI=1S/C16H16ClN7/c17-13-3-1-6-18-16(13)23-11-9-22(10-12-23)14-4-5-15(21-20-14)24-8-2-7-19-24/h1-8H,9-12H2. The summed E-state index contributed by atoms with van der Waals surface area (Å²) in [5.41, 5.74) is 0. The van der Waals surface area contributed by atoms with Crippen molar-refractivity contribution in [1.29, 1.82) is 0 Å². The van der Waals surface area contributed by atoms with Crippen LogP contribution in [0.25, 0.3) is 5.82 Å². The molecule has 0 aromatic carbocycles. The van der Waals surface area contributed by atoms with Gasteiger partial charge in [-0.3, -0.25) is 0 Å². The minimum absolute atomic E-state index is 0.689. The van der Waals surface area contributed by atoms with Crippen LogP contribution in [0.5, 0.6) is 0 Å². The van der Waals surface area contributed by atoms with Crippen molar-refractivity contribution in [2.24, 2.45) is 0 Å². The van der Waals surface area contributed by atoms with Crippen LogP contribution in [0.15, 0.2) is 48.9 Å². The van der Waals surface area contributed by atoms with Crippen LogP contribution >= 0.6 is 11.6 Å². The highest BCUT2D eigenvalue weighted by Gasteiger charge is 2.20. The molecule has 122 valence electrons. The molecule has 1 saturated heterocycles. The van der Waals surface area contributed by atoms with Crippen LogP contribution in [0.3, 0.4) is 0 Å². The van der Waals surface area contributed by atoms with Gasteiger partial charge in [-0.2, -0.15) is 5.10 Å². The van der Waals surface area contributed by atoms with Crippen molar-refractivity contribution in [2.45, 2.75) is 0 Å². The van der Waals surface area contributed by atoms with Gasteiger partial charge < -0.3 is 9.80 Å². The smallest absolute Gasteiger partial charge is 0.175 e. The third-order valence-corrected chi connectivity index (χ3v) is 4.31. The quantitative estimate of drug-likeness (QED) is 0.726. The van der Waals surface area contributed by atoms with Crippen LogP contribution < -0.4 is 9.80 Å². The summed E-state index contributed by atoms with van der Waals surface area (Å²) in [6, 6.07) is 9.48. The minimum atomic E-state index is 0.689. The Morgan fingerprint density at radius 3 is 2.25 bits per heavy atom. The molecule has 0 aliphatic carbocycles. The van der Waals surface area contributed by atoms with E-state index in [1.807, 2.05) is 36.5 Å². The average Bonchev–Trinajstić information content (AvgIpc) is 3.17. The number of aromatic nitrogens is 5. The first-order chi connectivity index (χ1) is 11.8. The van der Waals surface area contributed by atoms with Crippen LogP contribution in [-0.2, 0) is 0 Å². The molecule has 0 bridgehead atoms. The van der Waals surface area contributed by atoms with Gasteiger partial charge in [-0.25, -0.2) is 9.67 Å². The Balaban J connectivity index is 1.43. The predicted octanol–water partition coefficient (Wildman–Crippen LogP) is 2.04. The van der Waals surface area contributed by atoms with Crippen LogP contribution in [0.1, 0.15) is 0 Å². The van der Waals surface area contributed by atoms with Gasteiger partial charge in [0.1, 0.15) is 5.82 Å². The zero-order chi connectivity index (χ0) is 16.4. The Morgan fingerprint density at radius 2 is 1.58 bits per heavy atom. The largest absolute Gasteiger partial charge is 0.352 e. The zero-order valence-corrected chi connectivity index (χ0v) is 13.7. The van der Waals surface area contributed by atoms with Crippen molar-refractivity contribution in [3.05, 3.63) is 53.9 Å². The van der Waals surface area contributed by atoms with Crippen LogP contribution in [-0.4, -0.2) is 51.1 Å². The predicted molar refractivity (Wildman–Crippen MR) is 92.8 cm³/mol. The van der Waals surface area contributed by atoms with Crippen LogP contribution in [0.4, 0.5) is 11.6 Å². The molecule has 0 unspecified atom stereocenters. The van der Waals surface area contributed by atoms with Crippen molar-refractivity contribution in [1.82, 2.24) is 25.0 Å². The Labute approximate surface area is 144 Å². The van der Waals surface area contributed by atoms with Crippen molar-refractivity contribution in [2.75, 3.05) is 36.0 Å². The fraction of sp³-hybridized carbons (Fsp3) is 0.250. The summed E-state index contributed by atoms with van der Waals surface area (Å²) in [5, 5.41) is 13.4. The number of anilines is 2. The van der Waals surface area contributed by atoms with E-state index >= 15 is 0 Å². The fourth-order valence-corrected chi connectivity index (χ4v) is 3.01. The SMILES string of the molecule is Clc1cccnc1N1CCN(c2ccc(-n3cccn3)nn2)CC1. The Hall–Kier alpha value is -2.67. The van der Waals surface area contributed by atoms with E-state index in [1.54, 1.807) is 17.1 Å². The number of hydrogen-bond acceptors (Lipinski definition) is 6. The lowest BCUT2D eigenvalue weighted by Gasteiger charge is -2.36. The lowest BCUT2D eigenvalue weighted by molar-refractivity contribution is 0.637. The molecule has 0 amide bonds. The zero-order valence-electron chi connectivity index (χ0n) is 13.0. The van der Waals surface area contributed by atoms with Crippen molar-refractivity contribution >= 4 is 23.2 Å². The van der Waals surface area contributed by atoms with Gasteiger partial charge in [-0.1, -0.05) is 11.6 Å². The van der Waals surface area contributed by atoms with Gasteiger partial charge in [-0.15, -0.1) is 10.2 Å². The molecule has 0 radical (unpaired) electrons. The lowest BCUT2D eigenvalue weighted by atomic mass is 10.3. The highest BCUT2D eigenvalue weighted by molar-refractivity contribution is 6.32. The van der Waals surface area contributed by atoms with Gasteiger partial charge in [0.15, 0.2) is 11.6 Å². The Morgan fingerprint density at radius 1 is 0.833 bits per heavy atom. The van der Waals surface area contributed by atoms with Crippen molar-refractivity contribution in [3.8, 4) is 5.82 Å². The van der Waals surface area contributed by atoms with E-state index in [0.29, 0.717) is 10.8 Å². The van der Waals surface area contributed by atoms with E-state index in [9.17, 15) is 0 Å². The van der Waals surface area contributed by atoms with Crippen LogP contribution in [0.2, 0.25) is 5.02 Å². The average molecular weight is 342 g/mol. The van der Waals surface area contributed by atoms with E-state index in [1.165, 1.54) is 0 Å². The van der Waals surface area contributed by atoms with Gasteiger partial charge in [0, 0.05) is 44.8 Å². The second kappa shape index (κ2) is 6.45. The van der Waals surface area contributed by atoms with Gasteiger partial charge in [-0.05, 0) is 30.3 Å². The third kappa shape index (κ3) is 2.90. The van der Waals surface area contributed by atoms with Crippen LogP contribution in [0, 0.1) is 0 Å². The summed E-state index contributed by atoms with van der Waals surface area (Å²) in [6.07, 6.45) is 5.34. The summed E-state index contributed by atoms with van der Waals surface area (Å²) in [6.45, 7) is 3.39. The molecule has 8 heteroatoms. The molecule has 4 heterocycles. The molecule has 3 aromatic heterocycles. The van der Waals surface area contributed by atoms with E-state index < -0.39 is 0 Å². The Kier molecular flexibility index (Phi) is 4.00. The van der Waals surface area contributed by atoms with Crippen molar-refractivity contribution < 1.29 is 0 Å². The number of rotatable bonds is 3. The monoisotopic (exact) mass is 341 g/mol. The van der Waals surface area contributed by atoms with E-state index in [-0.39, 0.29) is 0 Å². The molecular weight excluding hydrogens is 326 g/mol. The number of hydrogen-bond donors (Lipinski definition) is 0. The molecule has 1 aliphatic rings. The number of piperazine rings is 1. The molecule has 0 N–H and O–H groups in total. The number of halogens is 1. The number of nitrogens with zero attached hydrogens (tertiary/aromatic N) is 7. The first-order valence-electron chi connectivity index (χ1n) is 7.75. The molecule has 0 atom stereocenters. The maximum Gasteiger partial charge on any atom is 0.175 e. The summed E-state index contributed by atoms with van der Waals surface area (Å²) >= 11 is 6.23. The molecular formula is C16H16ClN7. The van der Waals surface area contributed by atoms with Gasteiger partial charge >= 0.3 is 0 Å². The maximum absolute atomic E-state index is 6.23. The fourth-order valence-electron chi connectivity index (χ4n) is 2.77. The molecule has 3 aromatic rings. The summed E-state index contributed by atoms with van der Waals surface area (Å²) < 4.78 is 1.69. The number of pyridine rings is 1. The van der Waals surface area contributed by atoms with E-state index in [0.717, 1.165) is 37.8 Å². The molecule has 1 aliphatic heterocycles. The molecule has 4 rings (SSSR count). The molecule has 0 saturated carbocycles. The molecule has 1 fully saturated rings. The summed E-state index contributed by atoms with van der Waals surface area (Å²) in [4.78, 5) is 8.79. The highest BCUT2D eigenvalue weighted by atomic mass is 35.5. The topological polar surface area (TPSA) is 63.0 Å². The molecule has 24 heavy (non-hydrogen) atoms. The second-order valence-corrected chi connectivity index (χ2v) is 5.89. The van der Waals surface area contributed by atoms with Gasteiger partial charge in [0.05, 0.1) is 5.02 Å². The third-order valence-electron chi connectivity index (χ3n) is 4.02. The Bertz CT molecular complexity index is 796. The maximum atomic E-state index is 6.23. The lowest BCUT2D eigenvalue weighted by Crippen LogP contribution is -2.47. The van der Waals surface area contributed by atoms with Crippen molar-refractivity contribution in [3.63, 3.8) is 0 Å². The van der Waals surface area contributed by atoms with E-state index in [2.05, 4.69) is 30.1 Å². The van der Waals surface area contributed by atoms with Gasteiger partial charge in [0.2, 0.25) is 0 Å². The van der Waals surface area contributed by atoms with Gasteiger partial charge in [0.25, 0.3) is 0 Å². The summed E-state index contributed by atoms with van der Waals surface area (Å²) in [5.74, 6) is 2.43. The first kappa shape index (κ1) is 14.9. The highest BCUT2D eigenvalue weighted by Crippen LogP contribution is 2.24. The second-order valence-electron chi connectivity index (χ2n) is 5.48. The normalized spacial score (nSPS) is 14.9. The first-order valence-corrected chi connectivity index (χ1v) is 8.13. The summed E-state index contributed by atoms with van der Waals surface area (Å²) in [7, 11) is 0.